The maximum atomic E-state index is 12.1. The summed E-state index contributed by atoms with van der Waals surface area (Å²) in [7, 11) is 0. The molecule has 5 heteroatoms. The largest absolute Gasteiger partial charge is 0.354 e. The Kier molecular flexibility index (Phi) is 4.40. The molecule has 5 nitrogen and oxygen atoms in total. The topological polar surface area (TPSA) is 74.0 Å². The Labute approximate surface area is 117 Å². The van der Waals surface area contributed by atoms with Crippen molar-refractivity contribution < 1.29 is 9.59 Å². The molecule has 2 amide bonds. The maximum Gasteiger partial charge on any atom is 0.268 e. The number of hydrogen-bond acceptors (Lipinski definition) is 2. The van der Waals surface area contributed by atoms with Gasteiger partial charge >= 0.3 is 0 Å². The van der Waals surface area contributed by atoms with Crippen LogP contribution in [0.25, 0.3) is 10.9 Å². The van der Waals surface area contributed by atoms with Crippen LogP contribution in [-0.4, -0.2) is 29.4 Å². The number of carbonyl (C=O) groups excluding carboxylic acids is 2. The number of nitrogens with one attached hydrogen (secondary N) is 3. The predicted octanol–water partition coefficient (Wildman–Crippen LogP) is 1.81. The standard InChI is InChI=1S/C15H19N3O2/c1-3-8-16-14(19)10(2)17-15(20)13-9-11-6-4-5-7-12(11)18-13/h4-7,9-10,18H,3,8H2,1-2H3,(H,16,19)(H,17,20)/t10-/m0/s1. The second kappa shape index (κ2) is 6.23. The molecule has 1 atom stereocenters. The van der Waals surface area contributed by atoms with Crippen molar-refractivity contribution in [2.75, 3.05) is 6.54 Å². The molecule has 0 radical (unpaired) electrons. The molecule has 20 heavy (non-hydrogen) atoms. The third-order valence-electron chi connectivity index (χ3n) is 3.06. The van der Waals surface area contributed by atoms with Gasteiger partial charge in [0.2, 0.25) is 5.91 Å². The summed E-state index contributed by atoms with van der Waals surface area (Å²) in [6, 6.07) is 8.88. The first kappa shape index (κ1) is 14.1. The third kappa shape index (κ3) is 3.17. The summed E-state index contributed by atoms with van der Waals surface area (Å²) in [6.07, 6.45) is 0.869. The lowest BCUT2D eigenvalue weighted by Gasteiger charge is -2.13. The smallest absolute Gasteiger partial charge is 0.268 e. The summed E-state index contributed by atoms with van der Waals surface area (Å²) in [4.78, 5) is 26.8. The first-order valence-electron chi connectivity index (χ1n) is 6.78. The van der Waals surface area contributed by atoms with Gasteiger partial charge < -0.3 is 15.6 Å². The average Bonchev–Trinajstić information content (AvgIpc) is 2.88. The Bertz CT molecular complexity index is 585. The third-order valence-corrected chi connectivity index (χ3v) is 3.06. The van der Waals surface area contributed by atoms with Gasteiger partial charge in [0.25, 0.3) is 5.91 Å². The Morgan fingerprint density at radius 2 is 2.05 bits per heavy atom. The molecule has 0 fully saturated rings. The van der Waals surface area contributed by atoms with E-state index in [2.05, 4.69) is 15.6 Å². The van der Waals surface area contributed by atoms with Gasteiger partial charge in [-0.25, -0.2) is 0 Å². The molecule has 2 aromatic rings. The number of fused-ring (bicyclic) bond motifs is 1. The molecule has 1 heterocycles. The average molecular weight is 273 g/mol. The molecule has 106 valence electrons. The van der Waals surface area contributed by atoms with Crippen molar-refractivity contribution in [3.63, 3.8) is 0 Å². The van der Waals surface area contributed by atoms with Gasteiger partial charge in [0.15, 0.2) is 0 Å². The molecule has 3 N–H and O–H groups in total. The monoisotopic (exact) mass is 273 g/mol. The van der Waals surface area contributed by atoms with E-state index in [1.807, 2.05) is 31.2 Å². The minimum atomic E-state index is -0.555. The van der Waals surface area contributed by atoms with E-state index in [0.29, 0.717) is 12.2 Å². The lowest BCUT2D eigenvalue weighted by molar-refractivity contribution is -0.122. The van der Waals surface area contributed by atoms with E-state index in [0.717, 1.165) is 17.3 Å². The zero-order valence-corrected chi connectivity index (χ0v) is 11.7. The number of hydrogen-bond donors (Lipinski definition) is 3. The molecular formula is C15H19N3O2. The van der Waals surface area contributed by atoms with Crippen molar-refractivity contribution >= 4 is 22.7 Å². The van der Waals surface area contributed by atoms with Crippen LogP contribution in [0.4, 0.5) is 0 Å². The molecule has 0 unspecified atom stereocenters. The summed E-state index contributed by atoms with van der Waals surface area (Å²) in [5.41, 5.74) is 1.36. The van der Waals surface area contributed by atoms with Gasteiger partial charge in [-0.3, -0.25) is 9.59 Å². The summed E-state index contributed by atoms with van der Waals surface area (Å²) in [5, 5.41) is 6.41. The number of benzene rings is 1. The fraction of sp³-hybridized carbons (Fsp3) is 0.333. The van der Waals surface area contributed by atoms with Crippen LogP contribution in [0.3, 0.4) is 0 Å². The number of H-pyrrole nitrogens is 1. The van der Waals surface area contributed by atoms with Gasteiger partial charge in [-0.1, -0.05) is 25.1 Å². The lowest BCUT2D eigenvalue weighted by Crippen LogP contribution is -2.45. The van der Waals surface area contributed by atoms with Crippen LogP contribution < -0.4 is 10.6 Å². The van der Waals surface area contributed by atoms with Crippen molar-refractivity contribution in [1.29, 1.82) is 0 Å². The van der Waals surface area contributed by atoms with E-state index in [1.165, 1.54) is 0 Å². The van der Waals surface area contributed by atoms with Crippen LogP contribution in [0.5, 0.6) is 0 Å². The number of carbonyl (C=O) groups is 2. The fourth-order valence-corrected chi connectivity index (χ4v) is 1.94. The van der Waals surface area contributed by atoms with Gasteiger partial charge in [-0.05, 0) is 25.5 Å². The van der Waals surface area contributed by atoms with Gasteiger partial charge in [0.1, 0.15) is 11.7 Å². The first-order valence-corrected chi connectivity index (χ1v) is 6.78. The number of amides is 2. The van der Waals surface area contributed by atoms with Crippen molar-refractivity contribution in [1.82, 2.24) is 15.6 Å². The van der Waals surface area contributed by atoms with E-state index >= 15 is 0 Å². The summed E-state index contributed by atoms with van der Waals surface area (Å²) in [6.45, 7) is 4.27. The molecule has 0 aliphatic carbocycles. The predicted molar refractivity (Wildman–Crippen MR) is 78.5 cm³/mol. The Balaban J connectivity index is 2.02. The number of rotatable bonds is 5. The second-order valence-electron chi connectivity index (χ2n) is 4.76. The van der Waals surface area contributed by atoms with Gasteiger partial charge in [0, 0.05) is 17.4 Å². The van der Waals surface area contributed by atoms with E-state index < -0.39 is 6.04 Å². The summed E-state index contributed by atoms with van der Waals surface area (Å²) < 4.78 is 0. The molecule has 1 aromatic heterocycles. The molecule has 2 rings (SSSR count). The van der Waals surface area contributed by atoms with Crippen molar-refractivity contribution in [3.05, 3.63) is 36.0 Å². The molecule has 0 aliphatic heterocycles. The van der Waals surface area contributed by atoms with Crippen molar-refractivity contribution in [3.8, 4) is 0 Å². The van der Waals surface area contributed by atoms with Gasteiger partial charge in [-0.2, -0.15) is 0 Å². The van der Waals surface area contributed by atoms with Crippen LogP contribution in [0, 0.1) is 0 Å². The Morgan fingerprint density at radius 1 is 1.30 bits per heavy atom. The maximum absolute atomic E-state index is 12.1. The minimum Gasteiger partial charge on any atom is -0.354 e. The molecule has 0 bridgehead atoms. The molecule has 1 aromatic carbocycles. The lowest BCUT2D eigenvalue weighted by atomic mass is 10.2. The van der Waals surface area contributed by atoms with Crippen LogP contribution >= 0.6 is 0 Å². The minimum absolute atomic E-state index is 0.170. The molecule has 0 spiro atoms. The summed E-state index contributed by atoms with van der Waals surface area (Å²) in [5.74, 6) is -0.448. The Hall–Kier alpha value is -2.30. The van der Waals surface area contributed by atoms with Crippen molar-refractivity contribution in [2.24, 2.45) is 0 Å². The van der Waals surface area contributed by atoms with E-state index in [9.17, 15) is 9.59 Å². The number of aromatic nitrogens is 1. The van der Waals surface area contributed by atoms with Crippen LogP contribution in [0.1, 0.15) is 30.8 Å². The van der Waals surface area contributed by atoms with Crippen LogP contribution in [0.2, 0.25) is 0 Å². The normalized spacial score (nSPS) is 12.1. The zero-order chi connectivity index (χ0) is 14.5. The molecule has 0 aliphatic rings. The molecule has 0 saturated carbocycles. The van der Waals surface area contributed by atoms with E-state index in [-0.39, 0.29) is 11.8 Å². The van der Waals surface area contributed by atoms with Crippen LogP contribution in [0.15, 0.2) is 30.3 Å². The second-order valence-corrected chi connectivity index (χ2v) is 4.76. The quantitative estimate of drug-likeness (QED) is 0.777. The highest BCUT2D eigenvalue weighted by Crippen LogP contribution is 2.14. The highest BCUT2D eigenvalue weighted by atomic mass is 16.2. The summed E-state index contributed by atoms with van der Waals surface area (Å²) >= 11 is 0. The fourth-order valence-electron chi connectivity index (χ4n) is 1.94. The highest BCUT2D eigenvalue weighted by Gasteiger charge is 2.17. The van der Waals surface area contributed by atoms with Crippen molar-refractivity contribution in [2.45, 2.75) is 26.3 Å². The first-order chi connectivity index (χ1) is 9.61. The van der Waals surface area contributed by atoms with E-state index in [4.69, 9.17) is 0 Å². The van der Waals surface area contributed by atoms with Gasteiger partial charge in [0.05, 0.1) is 0 Å². The SMILES string of the molecule is CCCNC(=O)[C@H](C)NC(=O)c1cc2ccccc2[nH]1. The Morgan fingerprint density at radius 3 is 2.75 bits per heavy atom. The van der Waals surface area contributed by atoms with E-state index in [1.54, 1.807) is 13.0 Å². The van der Waals surface area contributed by atoms with Gasteiger partial charge in [-0.15, -0.1) is 0 Å². The molecule has 0 saturated heterocycles. The zero-order valence-electron chi connectivity index (χ0n) is 11.7. The van der Waals surface area contributed by atoms with Crippen LogP contribution in [-0.2, 0) is 4.79 Å². The number of para-hydroxylation sites is 1. The number of aromatic amines is 1. The molecular weight excluding hydrogens is 254 g/mol. The highest BCUT2D eigenvalue weighted by molar-refractivity contribution is 6.00.